The van der Waals surface area contributed by atoms with E-state index in [0.717, 1.165) is 38.8 Å². The third-order valence-corrected chi connectivity index (χ3v) is 4.79. The standard InChI is InChI=1S/C15H26ClNO2/c1-2-19-14-8-12(9-14)10-15(18)17-7-5-3-4-6-13(17)11-16/h12-14H,2-11H2,1H3. The first-order chi connectivity index (χ1) is 9.24. The van der Waals surface area contributed by atoms with Crippen LogP contribution in [0.4, 0.5) is 0 Å². The number of hydrogen-bond acceptors (Lipinski definition) is 2. The van der Waals surface area contributed by atoms with Crippen LogP contribution in [0.3, 0.4) is 0 Å². The Bertz CT molecular complexity index is 292. The fraction of sp³-hybridized carbons (Fsp3) is 0.933. The van der Waals surface area contributed by atoms with E-state index in [9.17, 15) is 4.79 Å². The van der Waals surface area contributed by atoms with Crippen molar-refractivity contribution in [1.29, 1.82) is 0 Å². The molecule has 1 saturated heterocycles. The Morgan fingerprint density at radius 3 is 2.79 bits per heavy atom. The number of hydrogen-bond donors (Lipinski definition) is 0. The van der Waals surface area contributed by atoms with Crippen LogP contribution in [-0.4, -0.2) is 42.0 Å². The van der Waals surface area contributed by atoms with E-state index in [2.05, 4.69) is 0 Å². The Morgan fingerprint density at radius 2 is 2.11 bits per heavy atom. The molecule has 1 atom stereocenters. The highest BCUT2D eigenvalue weighted by atomic mass is 35.5. The van der Waals surface area contributed by atoms with Gasteiger partial charge in [-0.25, -0.2) is 0 Å². The maximum absolute atomic E-state index is 12.4. The SMILES string of the molecule is CCOC1CC(CC(=O)N2CCCCCC2CCl)C1. The molecule has 19 heavy (non-hydrogen) atoms. The molecule has 1 amide bonds. The largest absolute Gasteiger partial charge is 0.378 e. The summed E-state index contributed by atoms with van der Waals surface area (Å²) in [4.78, 5) is 14.5. The number of ether oxygens (including phenoxy) is 1. The van der Waals surface area contributed by atoms with E-state index in [4.69, 9.17) is 16.3 Å². The first-order valence-electron chi connectivity index (χ1n) is 7.71. The van der Waals surface area contributed by atoms with Gasteiger partial charge in [0.2, 0.25) is 5.91 Å². The molecular formula is C15H26ClNO2. The van der Waals surface area contributed by atoms with Gasteiger partial charge in [0.25, 0.3) is 0 Å². The van der Waals surface area contributed by atoms with Crippen LogP contribution in [0, 0.1) is 5.92 Å². The number of amides is 1. The summed E-state index contributed by atoms with van der Waals surface area (Å²) < 4.78 is 5.55. The van der Waals surface area contributed by atoms with E-state index < -0.39 is 0 Å². The Labute approximate surface area is 121 Å². The van der Waals surface area contributed by atoms with Crippen LogP contribution in [-0.2, 0) is 9.53 Å². The molecule has 2 aliphatic rings. The topological polar surface area (TPSA) is 29.5 Å². The van der Waals surface area contributed by atoms with Crippen molar-refractivity contribution < 1.29 is 9.53 Å². The van der Waals surface area contributed by atoms with Crippen molar-refractivity contribution in [2.75, 3.05) is 19.0 Å². The Hall–Kier alpha value is -0.280. The molecule has 4 heteroatoms. The lowest BCUT2D eigenvalue weighted by Crippen LogP contribution is -2.43. The number of likely N-dealkylation sites (tertiary alicyclic amines) is 1. The van der Waals surface area contributed by atoms with E-state index in [-0.39, 0.29) is 6.04 Å². The molecule has 0 aromatic rings. The zero-order valence-corrected chi connectivity index (χ0v) is 12.7. The summed E-state index contributed by atoms with van der Waals surface area (Å²) in [5, 5.41) is 0. The molecule has 0 bridgehead atoms. The first-order valence-corrected chi connectivity index (χ1v) is 8.25. The molecule has 2 fully saturated rings. The monoisotopic (exact) mass is 287 g/mol. The number of halogens is 1. The molecule has 1 aliphatic carbocycles. The summed E-state index contributed by atoms with van der Waals surface area (Å²) in [5.41, 5.74) is 0. The predicted octanol–water partition coefficient (Wildman–Crippen LogP) is 3.20. The average molecular weight is 288 g/mol. The minimum absolute atomic E-state index is 0.263. The van der Waals surface area contributed by atoms with E-state index in [1.54, 1.807) is 0 Å². The quantitative estimate of drug-likeness (QED) is 0.727. The van der Waals surface area contributed by atoms with Crippen LogP contribution >= 0.6 is 11.6 Å². The smallest absolute Gasteiger partial charge is 0.223 e. The minimum atomic E-state index is 0.263. The summed E-state index contributed by atoms with van der Waals surface area (Å²) in [5.74, 6) is 1.42. The van der Waals surface area contributed by atoms with Gasteiger partial charge >= 0.3 is 0 Å². The fourth-order valence-electron chi connectivity index (χ4n) is 3.24. The molecule has 0 spiro atoms. The van der Waals surface area contributed by atoms with Crippen molar-refractivity contribution in [3.63, 3.8) is 0 Å². The third-order valence-electron chi connectivity index (χ3n) is 4.43. The molecule has 0 radical (unpaired) electrons. The van der Waals surface area contributed by atoms with Gasteiger partial charge in [0.05, 0.1) is 6.10 Å². The maximum atomic E-state index is 12.4. The zero-order chi connectivity index (χ0) is 13.7. The number of carbonyl (C=O) groups excluding carboxylic acids is 1. The lowest BCUT2D eigenvalue weighted by atomic mass is 9.79. The highest BCUT2D eigenvalue weighted by Crippen LogP contribution is 2.33. The van der Waals surface area contributed by atoms with E-state index in [0.29, 0.717) is 30.2 Å². The molecule has 0 aromatic carbocycles. The van der Waals surface area contributed by atoms with Crippen molar-refractivity contribution in [3.05, 3.63) is 0 Å². The van der Waals surface area contributed by atoms with Gasteiger partial charge in [0, 0.05) is 31.5 Å². The minimum Gasteiger partial charge on any atom is -0.378 e. The van der Waals surface area contributed by atoms with Crippen molar-refractivity contribution in [3.8, 4) is 0 Å². The number of alkyl halides is 1. The van der Waals surface area contributed by atoms with Gasteiger partial charge in [0.15, 0.2) is 0 Å². The molecular weight excluding hydrogens is 262 g/mol. The molecule has 0 aromatic heterocycles. The molecule has 2 rings (SSSR count). The van der Waals surface area contributed by atoms with Gasteiger partial charge in [-0.05, 0) is 38.5 Å². The van der Waals surface area contributed by atoms with Gasteiger partial charge < -0.3 is 9.64 Å². The van der Waals surface area contributed by atoms with E-state index >= 15 is 0 Å². The van der Waals surface area contributed by atoms with Crippen LogP contribution in [0.1, 0.15) is 51.9 Å². The molecule has 1 unspecified atom stereocenters. The Morgan fingerprint density at radius 1 is 1.32 bits per heavy atom. The number of nitrogens with zero attached hydrogens (tertiary/aromatic N) is 1. The summed E-state index contributed by atoms with van der Waals surface area (Å²) in [6.45, 7) is 3.71. The summed E-state index contributed by atoms with van der Waals surface area (Å²) in [6, 6.07) is 0.263. The normalized spacial score (nSPS) is 31.7. The van der Waals surface area contributed by atoms with Crippen molar-refractivity contribution in [2.45, 2.75) is 64.0 Å². The second-order valence-electron chi connectivity index (χ2n) is 5.86. The Kier molecular flexibility index (Phi) is 5.96. The number of carbonyl (C=O) groups is 1. The van der Waals surface area contributed by atoms with Gasteiger partial charge in [-0.2, -0.15) is 0 Å². The summed E-state index contributed by atoms with van der Waals surface area (Å²) in [7, 11) is 0. The molecule has 1 aliphatic heterocycles. The lowest BCUT2D eigenvalue weighted by molar-refractivity contribution is -0.136. The van der Waals surface area contributed by atoms with Gasteiger partial charge in [0.1, 0.15) is 0 Å². The van der Waals surface area contributed by atoms with Crippen molar-refractivity contribution in [2.24, 2.45) is 5.92 Å². The molecule has 0 N–H and O–H groups in total. The highest BCUT2D eigenvalue weighted by Gasteiger charge is 2.33. The van der Waals surface area contributed by atoms with Gasteiger partial charge in [-0.3, -0.25) is 4.79 Å². The lowest BCUT2D eigenvalue weighted by Gasteiger charge is -2.37. The van der Waals surface area contributed by atoms with Crippen LogP contribution in [0.2, 0.25) is 0 Å². The van der Waals surface area contributed by atoms with Crippen LogP contribution in [0.15, 0.2) is 0 Å². The molecule has 1 saturated carbocycles. The van der Waals surface area contributed by atoms with Gasteiger partial charge in [-0.15, -0.1) is 11.6 Å². The average Bonchev–Trinajstić information content (AvgIpc) is 2.61. The number of rotatable bonds is 5. The van der Waals surface area contributed by atoms with Crippen molar-refractivity contribution >= 4 is 17.5 Å². The fourth-order valence-corrected chi connectivity index (χ4v) is 3.56. The molecule has 3 nitrogen and oxygen atoms in total. The van der Waals surface area contributed by atoms with Crippen LogP contribution < -0.4 is 0 Å². The maximum Gasteiger partial charge on any atom is 0.223 e. The van der Waals surface area contributed by atoms with E-state index in [1.165, 1.54) is 12.8 Å². The molecule has 110 valence electrons. The second-order valence-corrected chi connectivity index (χ2v) is 6.17. The predicted molar refractivity (Wildman–Crippen MR) is 77.4 cm³/mol. The summed E-state index contributed by atoms with van der Waals surface area (Å²) >= 11 is 6.03. The van der Waals surface area contributed by atoms with Crippen LogP contribution in [0.25, 0.3) is 0 Å². The van der Waals surface area contributed by atoms with Crippen LogP contribution in [0.5, 0.6) is 0 Å². The van der Waals surface area contributed by atoms with E-state index in [1.807, 2.05) is 11.8 Å². The first kappa shape index (κ1) is 15.1. The zero-order valence-electron chi connectivity index (χ0n) is 11.9. The third kappa shape index (κ3) is 4.09. The van der Waals surface area contributed by atoms with Gasteiger partial charge in [-0.1, -0.05) is 12.8 Å². The second kappa shape index (κ2) is 7.49. The highest BCUT2D eigenvalue weighted by molar-refractivity contribution is 6.18. The molecule has 1 heterocycles. The Balaban J connectivity index is 1.78. The summed E-state index contributed by atoms with van der Waals surface area (Å²) in [6.07, 6.45) is 7.84. The van der Waals surface area contributed by atoms with Crippen molar-refractivity contribution in [1.82, 2.24) is 4.90 Å².